The number of nitriles is 1. The molecule has 0 bridgehead atoms. The maximum Gasteiger partial charge on any atom is 0.344 e. The molecule has 2 N–H and O–H groups in total. The molecule has 0 unspecified atom stereocenters. The third kappa shape index (κ3) is 4.32. The summed E-state index contributed by atoms with van der Waals surface area (Å²) < 4.78 is 27.0. The lowest BCUT2D eigenvalue weighted by atomic mass is 9.77. The van der Waals surface area contributed by atoms with Crippen LogP contribution in [-0.4, -0.2) is 54.2 Å². The van der Waals surface area contributed by atoms with Gasteiger partial charge in [0.25, 0.3) is 5.91 Å². The van der Waals surface area contributed by atoms with Gasteiger partial charge in [0.05, 0.1) is 16.5 Å². The number of hydrogen-bond acceptors (Lipinski definition) is 6. The summed E-state index contributed by atoms with van der Waals surface area (Å²) in [6.07, 6.45) is 3.31. The second kappa shape index (κ2) is 8.76. The predicted molar refractivity (Wildman–Crippen MR) is 117 cm³/mol. The van der Waals surface area contributed by atoms with Crippen LogP contribution in [0.5, 0.6) is 0 Å². The standard InChI is InChI=1S/C22H27N5O5S/c1-15-6-10-22(11-7-15)20(29)27(21(30)24-22)25-19(28)17-8-12-26(13-9-17)33(31,32)18-4-2-16(14-23)3-5-18/h2-5,15,17H,6-13H2,1H3,(H,24,30)(H,25,28). The Bertz CT molecular complexity index is 1090. The average Bonchev–Trinajstić information content (AvgIpc) is 3.05. The van der Waals surface area contributed by atoms with E-state index in [1.54, 1.807) is 0 Å². The minimum Gasteiger partial charge on any atom is -0.322 e. The third-order valence-electron chi connectivity index (χ3n) is 6.96. The molecule has 1 aromatic rings. The highest BCUT2D eigenvalue weighted by Crippen LogP contribution is 2.36. The van der Waals surface area contributed by atoms with Crippen molar-refractivity contribution >= 4 is 27.9 Å². The summed E-state index contributed by atoms with van der Waals surface area (Å²) >= 11 is 0. The van der Waals surface area contributed by atoms with Gasteiger partial charge in [-0.1, -0.05) is 6.92 Å². The van der Waals surface area contributed by atoms with Crippen LogP contribution >= 0.6 is 0 Å². The van der Waals surface area contributed by atoms with Gasteiger partial charge in [-0.15, -0.1) is 0 Å². The lowest BCUT2D eigenvalue weighted by Crippen LogP contribution is -2.53. The Labute approximate surface area is 192 Å². The first kappa shape index (κ1) is 23.2. The quantitative estimate of drug-likeness (QED) is 0.635. The van der Waals surface area contributed by atoms with Gasteiger partial charge in [0.2, 0.25) is 15.9 Å². The second-order valence-electron chi connectivity index (χ2n) is 9.13. The molecule has 11 heteroatoms. The molecule has 10 nitrogen and oxygen atoms in total. The van der Waals surface area contributed by atoms with Crippen LogP contribution in [0.25, 0.3) is 0 Å². The van der Waals surface area contributed by atoms with E-state index in [-0.39, 0.29) is 30.8 Å². The molecule has 2 saturated heterocycles. The van der Waals surface area contributed by atoms with E-state index in [2.05, 4.69) is 17.7 Å². The molecule has 2 heterocycles. The normalized spacial score (nSPS) is 26.8. The fourth-order valence-electron chi connectivity index (χ4n) is 4.73. The van der Waals surface area contributed by atoms with Gasteiger partial charge in [0, 0.05) is 19.0 Å². The van der Waals surface area contributed by atoms with Gasteiger partial charge in [0.15, 0.2) is 0 Å². The number of benzene rings is 1. The topological polar surface area (TPSA) is 140 Å². The first-order chi connectivity index (χ1) is 15.7. The Morgan fingerprint density at radius 2 is 1.73 bits per heavy atom. The van der Waals surface area contributed by atoms with Crippen LogP contribution in [0, 0.1) is 23.2 Å². The molecule has 1 spiro atoms. The number of imide groups is 1. The number of urea groups is 1. The summed E-state index contributed by atoms with van der Waals surface area (Å²) in [5.41, 5.74) is 1.90. The minimum atomic E-state index is -3.74. The zero-order valence-corrected chi connectivity index (χ0v) is 19.2. The van der Waals surface area contributed by atoms with Crippen LogP contribution in [0.3, 0.4) is 0 Å². The summed E-state index contributed by atoms with van der Waals surface area (Å²) in [6.45, 7) is 2.40. The predicted octanol–water partition coefficient (Wildman–Crippen LogP) is 1.49. The van der Waals surface area contributed by atoms with E-state index >= 15 is 0 Å². The Hall–Kier alpha value is -2.97. The van der Waals surface area contributed by atoms with Gasteiger partial charge >= 0.3 is 6.03 Å². The van der Waals surface area contributed by atoms with E-state index in [1.165, 1.54) is 28.6 Å². The number of carbonyl (C=O) groups is 3. The molecule has 2 aliphatic heterocycles. The van der Waals surface area contributed by atoms with E-state index in [4.69, 9.17) is 5.26 Å². The molecule has 4 rings (SSSR count). The number of sulfonamides is 1. The molecule has 3 aliphatic rings. The van der Waals surface area contributed by atoms with Crippen molar-refractivity contribution in [2.45, 2.75) is 55.9 Å². The summed E-state index contributed by atoms with van der Waals surface area (Å²) in [4.78, 5) is 38.2. The van der Waals surface area contributed by atoms with Crippen molar-refractivity contribution < 1.29 is 22.8 Å². The van der Waals surface area contributed by atoms with Gasteiger partial charge in [-0.3, -0.25) is 15.0 Å². The Kier molecular flexibility index (Phi) is 6.16. The van der Waals surface area contributed by atoms with Gasteiger partial charge in [0.1, 0.15) is 5.54 Å². The Morgan fingerprint density at radius 3 is 2.30 bits per heavy atom. The van der Waals surface area contributed by atoms with E-state index in [1.807, 2.05) is 6.07 Å². The number of rotatable bonds is 4. The third-order valence-corrected chi connectivity index (χ3v) is 8.87. The van der Waals surface area contributed by atoms with E-state index in [0.717, 1.165) is 17.9 Å². The van der Waals surface area contributed by atoms with Crippen LogP contribution in [0.2, 0.25) is 0 Å². The molecule has 176 valence electrons. The van der Waals surface area contributed by atoms with Crippen molar-refractivity contribution in [2.75, 3.05) is 13.1 Å². The molecule has 1 aromatic carbocycles. The number of nitrogens with one attached hydrogen (secondary N) is 2. The first-order valence-corrected chi connectivity index (χ1v) is 12.6. The van der Waals surface area contributed by atoms with Crippen molar-refractivity contribution in [3.63, 3.8) is 0 Å². The van der Waals surface area contributed by atoms with Gasteiger partial charge in [-0.2, -0.15) is 14.6 Å². The maximum atomic E-state index is 12.9. The SMILES string of the molecule is CC1CCC2(CC1)NC(=O)N(NC(=O)C1CCN(S(=O)(=O)c3ccc(C#N)cc3)CC1)C2=O. The summed E-state index contributed by atoms with van der Waals surface area (Å²) in [5.74, 6) is -0.903. The molecule has 1 saturated carbocycles. The van der Waals surface area contributed by atoms with Crippen LogP contribution in [0.4, 0.5) is 4.79 Å². The van der Waals surface area contributed by atoms with Crippen molar-refractivity contribution in [2.24, 2.45) is 11.8 Å². The second-order valence-corrected chi connectivity index (χ2v) is 11.1. The molecular formula is C22H27N5O5S. The highest BCUT2D eigenvalue weighted by atomic mass is 32.2. The number of piperidine rings is 1. The van der Waals surface area contributed by atoms with Crippen molar-refractivity contribution in [1.82, 2.24) is 20.1 Å². The van der Waals surface area contributed by atoms with Gasteiger partial charge < -0.3 is 5.32 Å². The van der Waals surface area contributed by atoms with Crippen LogP contribution in [0.1, 0.15) is 51.0 Å². The molecule has 1 aliphatic carbocycles. The maximum absolute atomic E-state index is 12.9. The molecular weight excluding hydrogens is 446 g/mol. The molecule has 3 fully saturated rings. The van der Waals surface area contributed by atoms with Gasteiger partial charge in [-0.05, 0) is 68.7 Å². The van der Waals surface area contributed by atoms with Crippen molar-refractivity contribution in [1.29, 1.82) is 5.26 Å². The number of nitrogens with zero attached hydrogens (tertiary/aromatic N) is 3. The zero-order chi connectivity index (χ0) is 23.8. The molecule has 4 amide bonds. The van der Waals surface area contributed by atoms with E-state index in [0.29, 0.717) is 24.3 Å². The molecule has 33 heavy (non-hydrogen) atoms. The largest absolute Gasteiger partial charge is 0.344 e. The summed E-state index contributed by atoms with van der Waals surface area (Å²) in [5, 5.41) is 12.4. The minimum absolute atomic E-state index is 0.0934. The monoisotopic (exact) mass is 473 g/mol. The number of carbonyl (C=O) groups excluding carboxylic acids is 3. The zero-order valence-electron chi connectivity index (χ0n) is 18.4. The van der Waals surface area contributed by atoms with Crippen molar-refractivity contribution in [3.05, 3.63) is 29.8 Å². The summed E-state index contributed by atoms with van der Waals surface area (Å²) in [7, 11) is -3.74. The smallest absolute Gasteiger partial charge is 0.322 e. The highest BCUT2D eigenvalue weighted by Gasteiger charge is 2.53. The lowest BCUT2D eigenvalue weighted by Gasteiger charge is -2.33. The van der Waals surface area contributed by atoms with Gasteiger partial charge in [-0.25, -0.2) is 13.2 Å². The number of hydrogen-bond donors (Lipinski definition) is 2. The Balaban J connectivity index is 1.35. The fourth-order valence-corrected chi connectivity index (χ4v) is 6.20. The fraction of sp³-hybridized carbons (Fsp3) is 0.545. The molecule has 0 atom stereocenters. The number of hydrazine groups is 1. The van der Waals surface area contributed by atoms with Crippen LogP contribution < -0.4 is 10.7 Å². The van der Waals surface area contributed by atoms with Crippen LogP contribution in [-0.2, 0) is 19.6 Å². The Morgan fingerprint density at radius 1 is 1.12 bits per heavy atom. The highest BCUT2D eigenvalue weighted by molar-refractivity contribution is 7.89. The van der Waals surface area contributed by atoms with Crippen molar-refractivity contribution in [3.8, 4) is 6.07 Å². The first-order valence-electron chi connectivity index (χ1n) is 11.1. The average molecular weight is 474 g/mol. The lowest BCUT2D eigenvalue weighted by molar-refractivity contribution is -0.142. The molecule has 0 radical (unpaired) electrons. The molecule has 0 aromatic heterocycles. The van der Waals surface area contributed by atoms with Crippen LogP contribution in [0.15, 0.2) is 29.2 Å². The van der Waals surface area contributed by atoms with E-state index in [9.17, 15) is 22.8 Å². The van der Waals surface area contributed by atoms with E-state index < -0.39 is 39.3 Å². The summed E-state index contributed by atoms with van der Waals surface area (Å²) in [6, 6.07) is 7.02. The number of amides is 4.